The maximum absolute atomic E-state index is 12.1. The van der Waals surface area contributed by atoms with Crippen molar-refractivity contribution in [2.45, 2.75) is 38.8 Å². The van der Waals surface area contributed by atoms with Gasteiger partial charge in [-0.15, -0.1) is 0 Å². The monoisotopic (exact) mass is 393 g/mol. The van der Waals surface area contributed by atoms with Crippen LogP contribution >= 0.6 is 0 Å². The first-order chi connectivity index (χ1) is 13.8. The zero-order chi connectivity index (χ0) is 21.0. The van der Waals surface area contributed by atoms with Crippen molar-refractivity contribution < 1.29 is 9.90 Å². The maximum atomic E-state index is 12.1. The van der Waals surface area contributed by atoms with E-state index in [1.165, 1.54) is 5.56 Å². The number of fused-ring (bicyclic) bond motifs is 1. The first-order valence-electron chi connectivity index (χ1n) is 9.65. The number of benzene rings is 2. The third kappa shape index (κ3) is 5.03. The molecule has 3 rings (SSSR count). The molecule has 1 heterocycles. The van der Waals surface area contributed by atoms with Gasteiger partial charge in [0.15, 0.2) is 0 Å². The van der Waals surface area contributed by atoms with Crippen molar-refractivity contribution in [1.29, 1.82) is 0 Å². The van der Waals surface area contributed by atoms with E-state index in [4.69, 9.17) is 0 Å². The van der Waals surface area contributed by atoms with Crippen molar-refractivity contribution in [3.8, 4) is 0 Å². The Morgan fingerprint density at radius 2 is 1.69 bits per heavy atom. The number of carbonyl (C=O) groups is 1. The molecule has 1 aromatic heterocycles. The first kappa shape index (κ1) is 20.6. The van der Waals surface area contributed by atoms with Crippen LogP contribution in [0, 0.1) is 0 Å². The van der Waals surface area contributed by atoms with E-state index >= 15 is 0 Å². The molecule has 1 atom stereocenters. The number of H-pyrrole nitrogens is 1. The molecule has 0 aliphatic rings. The van der Waals surface area contributed by atoms with Gasteiger partial charge in [-0.05, 0) is 33.6 Å². The quantitative estimate of drug-likeness (QED) is 0.535. The molecule has 6 nitrogen and oxygen atoms in total. The summed E-state index contributed by atoms with van der Waals surface area (Å²) in [6.45, 7) is 6.77. The Labute approximate surface area is 170 Å². The number of urea groups is 1. The highest BCUT2D eigenvalue weighted by Crippen LogP contribution is 2.23. The third-order valence-corrected chi connectivity index (χ3v) is 4.95. The second-order valence-corrected chi connectivity index (χ2v) is 8.14. The minimum absolute atomic E-state index is 0.0491. The van der Waals surface area contributed by atoms with E-state index < -0.39 is 6.10 Å². The Hall–Kier alpha value is -3.12. The van der Waals surface area contributed by atoms with Crippen LogP contribution in [0.5, 0.6) is 0 Å². The number of aliphatic hydroxyl groups is 1. The van der Waals surface area contributed by atoms with Crippen LogP contribution in [0.25, 0.3) is 10.8 Å². The summed E-state index contributed by atoms with van der Waals surface area (Å²) < 4.78 is 0. The second-order valence-electron chi connectivity index (χ2n) is 8.14. The van der Waals surface area contributed by atoms with Gasteiger partial charge in [0, 0.05) is 24.7 Å². The zero-order valence-electron chi connectivity index (χ0n) is 17.0. The fraction of sp³-hybridized carbons (Fsp3) is 0.304. The Kier molecular flexibility index (Phi) is 6.03. The third-order valence-electron chi connectivity index (χ3n) is 4.95. The van der Waals surface area contributed by atoms with Crippen molar-refractivity contribution in [1.82, 2.24) is 15.6 Å². The minimum atomic E-state index is -0.788. The number of nitrogens with one attached hydrogen (secondary N) is 3. The average Bonchev–Trinajstić information content (AvgIpc) is 2.71. The van der Waals surface area contributed by atoms with E-state index in [2.05, 4.69) is 36.4 Å². The largest absolute Gasteiger partial charge is 0.387 e. The lowest BCUT2D eigenvalue weighted by Gasteiger charge is -2.20. The van der Waals surface area contributed by atoms with Gasteiger partial charge < -0.3 is 20.7 Å². The highest BCUT2D eigenvalue weighted by molar-refractivity contribution is 5.85. The van der Waals surface area contributed by atoms with Crippen molar-refractivity contribution in [2.24, 2.45) is 0 Å². The normalized spacial score (nSPS) is 12.6. The second kappa shape index (κ2) is 8.49. The predicted octanol–water partition coefficient (Wildman–Crippen LogP) is 3.36. The fourth-order valence-corrected chi connectivity index (χ4v) is 3.17. The van der Waals surface area contributed by atoms with Gasteiger partial charge in [0.05, 0.1) is 6.10 Å². The molecule has 29 heavy (non-hydrogen) atoms. The molecule has 0 saturated heterocycles. The Morgan fingerprint density at radius 1 is 1.03 bits per heavy atom. The van der Waals surface area contributed by atoms with Gasteiger partial charge in [0.2, 0.25) is 0 Å². The van der Waals surface area contributed by atoms with E-state index in [0.717, 1.165) is 16.5 Å². The number of carbonyl (C=O) groups excluding carboxylic acids is 1. The van der Waals surface area contributed by atoms with Crippen molar-refractivity contribution in [2.75, 3.05) is 6.54 Å². The molecule has 0 saturated carbocycles. The molecule has 0 bridgehead atoms. The first-order valence-corrected chi connectivity index (χ1v) is 9.65. The van der Waals surface area contributed by atoms with Gasteiger partial charge >= 0.3 is 6.03 Å². The summed E-state index contributed by atoms with van der Waals surface area (Å²) >= 11 is 0. The molecule has 3 aromatic rings. The summed E-state index contributed by atoms with van der Waals surface area (Å²) in [5.74, 6) is 0. The van der Waals surface area contributed by atoms with Crippen molar-refractivity contribution in [3.05, 3.63) is 81.8 Å². The van der Waals surface area contributed by atoms with Gasteiger partial charge in [0.25, 0.3) is 5.56 Å². The fourth-order valence-electron chi connectivity index (χ4n) is 3.17. The van der Waals surface area contributed by atoms with Crippen LogP contribution in [0.15, 0.2) is 59.5 Å². The molecule has 0 radical (unpaired) electrons. The molecular formula is C23H27N3O3. The van der Waals surface area contributed by atoms with Crippen LogP contribution < -0.4 is 16.2 Å². The summed E-state index contributed by atoms with van der Waals surface area (Å²) in [6.07, 6.45) is 0.819. The molecule has 6 heteroatoms. The van der Waals surface area contributed by atoms with Crippen LogP contribution in [-0.4, -0.2) is 22.7 Å². The number of hydrogen-bond acceptors (Lipinski definition) is 3. The van der Waals surface area contributed by atoms with Gasteiger partial charge in [-0.3, -0.25) is 4.79 Å². The van der Waals surface area contributed by atoms with E-state index in [0.29, 0.717) is 5.39 Å². The van der Waals surface area contributed by atoms with Gasteiger partial charge in [0.1, 0.15) is 0 Å². The maximum Gasteiger partial charge on any atom is 0.315 e. The number of aliphatic hydroxyl groups excluding tert-OH is 1. The SMILES string of the molecule is CC(C)(C)c1ccc(C(O)CNC(=O)NCc2c[nH]c(=O)c3ccccc23)cc1. The average molecular weight is 393 g/mol. The summed E-state index contributed by atoms with van der Waals surface area (Å²) in [5, 5.41) is 17.2. The number of aromatic nitrogens is 1. The van der Waals surface area contributed by atoms with Gasteiger partial charge in [-0.2, -0.15) is 0 Å². The molecule has 2 amide bonds. The Bertz CT molecular complexity index is 1050. The standard InChI is InChI=1S/C23H27N3O3/c1-23(2,3)17-10-8-15(9-11-17)20(27)14-26-22(29)25-13-16-12-24-21(28)19-7-5-4-6-18(16)19/h4-12,20,27H,13-14H2,1-3H3,(H,24,28)(H2,25,26,29). The van der Waals surface area contributed by atoms with Crippen molar-refractivity contribution in [3.63, 3.8) is 0 Å². The highest BCUT2D eigenvalue weighted by Gasteiger charge is 2.15. The van der Waals surface area contributed by atoms with Crippen LogP contribution in [0.2, 0.25) is 0 Å². The molecule has 1 unspecified atom stereocenters. The van der Waals surface area contributed by atoms with Gasteiger partial charge in [-0.25, -0.2) is 4.79 Å². The number of aromatic amines is 1. The molecule has 2 aromatic carbocycles. The molecule has 0 aliphatic heterocycles. The lowest BCUT2D eigenvalue weighted by atomic mass is 9.86. The minimum Gasteiger partial charge on any atom is -0.387 e. The summed E-state index contributed by atoms with van der Waals surface area (Å²) in [6, 6.07) is 14.6. The van der Waals surface area contributed by atoms with Crippen LogP contribution in [0.3, 0.4) is 0 Å². The zero-order valence-corrected chi connectivity index (χ0v) is 17.0. The van der Waals surface area contributed by atoms with E-state index in [1.54, 1.807) is 18.3 Å². The van der Waals surface area contributed by atoms with Crippen LogP contribution in [-0.2, 0) is 12.0 Å². The summed E-state index contributed by atoms with van der Waals surface area (Å²) in [5.41, 5.74) is 2.65. The molecule has 0 spiro atoms. The summed E-state index contributed by atoms with van der Waals surface area (Å²) in [7, 11) is 0. The highest BCUT2D eigenvalue weighted by atomic mass is 16.3. The number of amides is 2. The topological polar surface area (TPSA) is 94.2 Å². The number of rotatable bonds is 5. The van der Waals surface area contributed by atoms with Crippen molar-refractivity contribution >= 4 is 16.8 Å². The Morgan fingerprint density at radius 3 is 2.34 bits per heavy atom. The smallest absolute Gasteiger partial charge is 0.315 e. The predicted molar refractivity (Wildman–Crippen MR) is 115 cm³/mol. The number of pyridine rings is 1. The van der Waals surface area contributed by atoms with Gasteiger partial charge in [-0.1, -0.05) is 63.2 Å². The lowest BCUT2D eigenvalue weighted by Crippen LogP contribution is -2.37. The molecular weight excluding hydrogens is 366 g/mol. The van der Waals surface area contributed by atoms with E-state index in [1.807, 2.05) is 36.4 Å². The molecule has 4 N–H and O–H groups in total. The number of hydrogen-bond donors (Lipinski definition) is 4. The van der Waals surface area contributed by atoms with Crippen LogP contribution in [0.4, 0.5) is 4.79 Å². The molecule has 152 valence electrons. The van der Waals surface area contributed by atoms with E-state index in [-0.39, 0.29) is 30.1 Å². The molecule has 0 aliphatic carbocycles. The Balaban J connectivity index is 1.55. The van der Waals surface area contributed by atoms with Crippen LogP contribution in [0.1, 0.15) is 43.6 Å². The lowest BCUT2D eigenvalue weighted by molar-refractivity contribution is 0.173. The summed E-state index contributed by atoms with van der Waals surface area (Å²) in [4.78, 5) is 26.7. The van der Waals surface area contributed by atoms with E-state index in [9.17, 15) is 14.7 Å². The molecule has 0 fully saturated rings.